The number of hydrogen-bond acceptors (Lipinski definition) is 23. The number of fused-ring (bicyclic) bond motifs is 9. The summed E-state index contributed by atoms with van der Waals surface area (Å²) in [6.07, 6.45) is 8.92. The molecule has 0 heterocycles. The zero-order valence-corrected chi connectivity index (χ0v) is 77.4. The minimum atomic E-state index is -0.468. The minimum Gasteiger partial charge on any atom is -0.497 e. The van der Waals surface area contributed by atoms with E-state index in [1.807, 2.05) is 140 Å². The van der Waals surface area contributed by atoms with Gasteiger partial charge in [-0.2, -0.15) is 0 Å². The quantitative estimate of drug-likeness (QED) is 0.0398. The Morgan fingerprint density at radius 2 is 0.776 bits per heavy atom. The highest BCUT2D eigenvalue weighted by atomic mass is 79.9. The number of methoxy groups -OCH3 is 22. The first-order valence-electron chi connectivity index (χ1n) is 39.5. The molecule has 125 heavy (non-hydrogen) atoms. The first-order chi connectivity index (χ1) is 60.6. The van der Waals surface area contributed by atoms with Crippen LogP contribution in [0.5, 0.6) is 121 Å². The molecule has 11 aromatic carbocycles. The van der Waals surface area contributed by atoms with Gasteiger partial charge in [-0.05, 0) is 191 Å². The molecule has 4 aliphatic rings. The van der Waals surface area contributed by atoms with Gasteiger partial charge in [0.1, 0.15) is 92.3 Å². The van der Waals surface area contributed by atoms with Gasteiger partial charge >= 0.3 is 0 Å². The average molecular weight is 1830 g/mol. The Morgan fingerprint density at radius 1 is 0.328 bits per heavy atom. The van der Waals surface area contributed by atoms with Crippen molar-refractivity contribution in [2.75, 3.05) is 156 Å². The molecule has 15 rings (SSSR count). The maximum atomic E-state index is 14.0. The summed E-state index contributed by atoms with van der Waals surface area (Å²) in [7, 11) is 36.0. The largest absolute Gasteiger partial charge is 0.497 e. The van der Waals surface area contributed by atoms with Crippen LogP contribution in [0, 0.1) is 0 Å². The van der Waals surface area contributed by atoms with Crippen molar-refractivity contribution >= 4 is 61.9 Å². The van der Waals surface area contributed by atoms with E-state index in [4.69, 9.17) is 104 Å². The lowest BCUT2D eigenvalue weighted by Gasteiger charge is -2.49. The van der Waals surface area contributed by atoms with E-state index in [1.54, 1.807) is 175 Å². The molecule has 0 N–H and O–H groups in total. The summed E-state index contributed by atoms with van der Waals surface area (Å²) >= 11 is 7.14. The Bertz CT molecular complexity index is 5750. The molecular formula is C100H104Br2O23. The van der Waals surface area contributed by atoms with Crippen molar-refractivity contribution in [3.8, 4) is 121 Å². The molecule has 4 aliphatic carbocycles. The topological polar surface area (TPSA) is 220 Å². The minimum absolute atomic E-state index is 0.104. The third-order valence-electron chi connectivity index (χ3n) is 23.1. The van der Waals surface area contributed by atoms with Gasteiger partial charge < -0.3 is 104 Å². The second kappa shape index (κ2) is 40.7. The van der Waals surface area contributed by atoms with Crippen LogP contribution in [-0.2, 0) is 23.0 Å². The summed E-state index contributed by atoms with van der Waals surface area (Å²) in [6, 6.07) is 50.4. The molecule has 656 valence electrons. The molecule has 0 aromatic heterocycles. The van der Waals surface area contributed by atoms with Crippen LogP contribution in [0.3, 0.4) is 0 Å². The third-order valence-corrected chi connectivity index (χ3v) is 24.7. The maximum absolute atomic E-state index is 14.0. The summed E-state index contributed by atoms with van der Waals surface area (Å²) in [5.74, 6) is 14.2. The molecule has 11 aromatic rings. The van der Waals surface area contributed by atoms with E-state index in [0.29, 0.717) is 86.5 Å². The van der Waals surface area contributed by atoms with Gasteiger partial charge in [-0.15, -0.1) is 0 Å². The predicted molar refractivity (Wildman–Crippen MR) is 489 cm³/mol. The second-order valence-electron chi connectivity index (χ2n) is 28.9. The molecule has 1 spiro atoms. The van der Waals surface area contributed by atoms with E-state index in [0.717, 1.165) is 117 Å². The van der Waals surface area contributed by atoms with Crippen molar-refractivity contribution in [3.05, 3.63) is 261 Å². The van der Waals surface area contributed by atoms with Crippen LogP contribution >= 0.6 is 31.9 Å². The van der Waals surface area contributed by atoms with E-state index in [1.165, 1.54) is 33.4 Å². The number of carbonyl (C=O) groups is 1. The zero-order chi connectivity index (χ0) is 89.7. The first kappa shape index (κ1) is 91.5. The normalized spacial score (nSPS) is 15.2. The number of ketones is 1. The highest BCUT2D eigenvalue weighted by molar-refractivity contribution is 9.11. The molecule has 0 radical (unpaired) electrons. The molecule has 4 unspecified atom stereocenters. The zero-order valence-electron chi connectivity index (χ0n) is 74.2. The average Bonchev–Trinajstić information content (AvgIpc) is 1.47. The molecule has 23 nitrogen and oxygen atoms in total. The molecule has 0 amide bonds. The van der Waals surface area contributed by atoms with E-state index in [-0.39, 0.29) is 29.0 Å². The van der Waals surface area contributed by atoms with Gasteiger partial charge in [-0.25, -0.2) is 0 Å². The van der Waals surface area contributed by atoms with Crippen molar-refractivity contribution < 1.29 is 109 Å². The summed E-state index contributed by atoms with van der Waals surface area (Å²) in [4.78, 5) is 14.0. The van der Waals surface area contributed by atoms with Gasteiger partial charge in [-0.3, -0.25) is 4.79 Å². The first-order valence-corrected chi connectivity index (χ1v) is 41.1. The molecule has 25 heteroatoms. The number of ether oxygens (including phenoxy) is 22. The monoisotopic (exact) mass is 1830 g/mol. The third kappa shape index (κ3) is 17.9. The van der Waals surface area contributed by atoms with Crippen LogP contribution in [0.1, 0.15) is 123 Å². The van der Waals surface area contributed by atoms with E-state index < -0.39 is 6.10 Å². The number of hydrogen-bond donors (Lipinski definition) is 0. The lowest BCUT2D eigenvalue weighted by molar-refractivity contribution is 0.103. The lowest BCUT2D eigenvalue weighted by Crippen LogP contribution is -2.44. The molecule has 0 saturated heterocycles. The Kier molecular flexibility index (Phi) is 29.8. The summed E-state index contributed by atoms with van der Waals surface area (Å²) < 4.78 is 124. The summed E-state index contributed by atoms with van der Waals surface area (Å²) in [5, 5.41) is 0. The lowest BCUT2D eigenvalue weighted by atomic mass is 9.53. The van der Waals surface area contributed by atoms with Crippen LogP contribution < -0.4 is 99.5 Å². The fraction of sp³-hybridized carbons (Fsp3) is 0.290. The number of benzene rings is 11. The van der Waals surface area contributed by atoms with Crippen LogP contribution in [0.15, 0.2) is 167 Å². The van der Waals surface area contributed by atoms with E-state index in [2.05, 4.69) is 56.1 Å². The molecule has 5 atom stereocenters. The Labute approximate surface area is 746 Å². The van der Waals surface area contributed by atoms with E-state index in [9.17, 15) is 4.79 Å². The van der Waals surface area contributed by atoms with Crippen molar-refractivity contribution in [3.63, 3.8) is 0 Å². The Balaban J connectivity index is 0.000000154. The van der Waals surface area contributed by atoms with Crippen molar-refractivity contribution in [1.29, 1.82) is 0 Å². The molecular weight excluding hydrogens is 1730 g/mol. The van der Waals surface area contributed by atoms with Gasteiger partial charge in [0.2, 0.25) is 0 Å². The maximum Gasteiger partial charge on any atom is 0.197 e. The van der Waals surface area contributed by atoms with Gasteiger partial charge in [0.25, 0.3) is 0 Å². The standard InChI is InChI=1S/C28H32O7.C28H28O6.C27H28O7.C17H16Br2O3/c1-29-21-14-20(15-22(16-21)30-2)28(35-7)27-19(13-23(31-3)17-26(27)34-6)10-8-18-9-11-24(32-4)25(12-18)33-5;1-29-15-8-18-24(22(10-15)33-5)26-17-12-21(32-4)20(31-3)7-14(17)13-28(26)19-9-16(30-2)11-23(34-6)25(19)27(18)28;1-29-17-9-16-10-19(15-7-8-21(31-3)22(11-15)32-4)26-20(12-18(30-2)14-24(26)34-6)27(28)25(16)23(13-17)33-5;1-20-12-7-4-11(5-8-12)6-9-13-16(18)14(21-2)10-15(22-3)17(13)19/h8-17,28H,1-7H3;7-12,26-27H,13H2,1-6H3;7-9,11-14,19H,10H2,1-6H3;4-10H,1-3H3/b10-8+;;;9-6+/t;;19-;/m..1./s1. The van der Waals surface area contributed by atoms with Crippen LogP contribution in [0.2, 0.25) is 0 Å². The smallest absolute Gasteiger partial charge is 0.197 e. The number of carbonyl (C=O) groups excluding carboxylic acids is 1. The molecule has 0 saturated carbocycles. The van der Waals surface area contributed by atoms with Gasteiger partial charge in [0.15, 0.2) is 40.3 Å². The Hall–Kier alpha value is -12.7. The Morgan fingerprint density at radius 3 is 1.33 bits per heavy atom. The number of halogens is 2. The summed E-state index contributed by atoms with van der Waals surface area (Å²) in [5.41, 5.74) is 16.3. The van der Waals surface area contributed by atoms with Gasteiger partial charge in [0.05, 0.1) is 164 Å². The van der Waals surface area contributed by atoms with Gasteiger partial charge in [-0.1, -0.05) is 48.6 Å². The van der Waals surface area contributed by atoms with Crippen LogP contribution in [-0.4, -0.2) is 162 Å². The molecule has 0 bridgehead atoms. The van der Waals surface area contributed by atoms with Gasteiger partial charge in [0, 0.05) is 106 Å². The highest BCUT2D eigenvalue weighted by Crippen LogP contribution is 2.76. The second-order valence-corrected chi connectivity index (χ2v) is 30.5. The van der Waals surface area contributed by atoms with Crippen molar-refractivity contribution in [2.24, 2.45) is 0 Å². The molecule has 0 fully saturated rings. The fourth-order valence-corrected chi connectivity index (χ4v) is 18.7. The fourth-order valence-electron chi connectivity index (χ4n) is 17.2. The van der Waals surface area contributed by atoms with Crippen LogP contribution in [0.25, 0.3) is 24.3 Å². The SMILES string of the molecule is COc1cc(OC)c2c(c1)C1c3c(OC)cc(OC)cc3C13Cc1cc(OC)c(OC)cc1C23.COc1cc(OC)cc(C(OC)c2c(/C=C/c3ccc(OC)c(OC)c3)cc(OC)cc2OC)c1.COc1cc2c(c(OC)c1)C(=O)c1cc(OC)cc(OC)c1[C@@H](c1ccc(OC)c(OC)c1)C2.COc1ccc(/C=C/c2c(Br)c(OC)cc(OC)c2Br)cc1. The van der Waals surface area contributed by atoms with E-state index >= 15 is 0 Å². The van der Waals surface area contributed by atoms with Crippen molar-refractivity contribution in [1.82, 2.24) is 0 Å². The predicted octanol–water partition coefficient (Wildman–Crippen LogP) is 20.5. The highest BCUT2D eigenvalue weighted by Gasteiger charge is 2.67. The van der Waals surface area contributed by atoms with Crippen molar-refractivity contribution in [2.45, 2.75) is 42.1 Å². The summed E-state index contributed by atoms with van der Waals surface area (Å²) in [6.45, 7) is 0. The van der Waals surface area contributed by atoms with Crippen LogP contribution in [0.4, 0.5) is 0 Å². The number of rotatable bonds is 29. The molecule has 0 aliphatic heterocycles.